The fraction of sp³-hybridized carbons (Fsp3) is 0. The van der Waals surface area contributed by atoms with Gasteiger partial charge in [-0.3, -0.25) is 0 Å². The number of anilines is 1. The number of nitrogens with one attached hydrogen (secondary N) is 1. The molecule has 1 aromatic heterocycles. The van der Waals surface area contributed by atoms with Gasteiger partial charge in [0.15, 0.2) is 0 Å². The number of hydrogen-bond donors (Lipinski definition) is 2. The van der Waals surface area contributed by atoms with Gasteiger partial charge >= 0.3 is 0 Å². The van der Waals surface area contributed by atoms with Crippen molar-refractivity contribution in [3.8, 4) is 0 Å². The Bertz CT molecular complexity index is 112. The molecule has 34 valence electrons. The summed E-state index contributed by atoms with van der Waals surface area (Å²) in [7, 11) is 0. The number of hydrogen-bond acceptors (Lipinski definition) is 4. The van der Waals surface area contributed by atoms with Crippen LogP contribution in [0.15, 0.2) is 0 Å². The summed E-state index contributed by atoms with van der Waals surface area (Å²) in [5, 5.41) is 12.0. The summed E-state index contributed by atoms with van der Waals surface area (Å²) in [6.45, 7) is 0. The highest BCUT2D eigenvalue weighted by atomic mass is 15.5. The fourth-order valence-electron chi connectivity index (χ4n) is 0.170. The Morgan fingerprint density at radius 3 is 2.83 bits per heavy atom. The molecule has 0 amide bonds. The quantitative estimate of drug-likeness (QED) is 0.426. The van der Waals surface area contributed by atoms with E-state index in [1.807, 2.05) is 0 Å². The monoisotopic (exact) mass is 87.1 g/mol. The third-order valence-electron chi connectivity index (χ3n) is 0.362. The Labute approximate surface area is 35.0 Å². The first kappa shape index (κ1) is 3.08. The van der Waals surface area contributed by atoms with Gasteiger partial charge in [-0.25, -0.2) is 0 Å². The lowest BCUT2D eigenvalue weighted by Gasteiger charge is -1.62. The third kappa shape index (κ3) is 0.291. The molecule has 0 aliphatic rings. The molecule has 0 saturated heterocycles. The second-order valence-electron chi connectivity index (χ2n) is 0.770. The first-order valence-electron chi connectivity index (χ1n) is 1.38. The van der Waals surface area contributed by atoms with Crippen LogP contribution >= 0.6 is 0 Å². The van der Waals surface area contributed by atoms with Crippen molar-refractivity contribution in [1.29, 1.82) is 0 Å². The molecule has 5 heteroatoms. The second-order valence-corrected chi connectivity index (χ2v) is 0.770. The molecule has 0 aliphatic carbocycles. The summed E-state index contributed by atoms with van der Waals surface area (Å²) in [6, 6.07) is 0. The number of aromatic amines is 1. The lowest BCUT2D eigenvalue weighted by atomic mass is 11.2. The smallest absolute Gasteiger partial charge is 0.260 e. The van der Waals surface area contributed by atoms with E-state index in [1.165, 1.54) is 0 Å². The van der Waals surface area contributed by atoms with Crippen LogP contribution in [0.1, 0.15) is 1.43 Å². The SMILES string of the molecule is Nc1nn[nH]n1.[HH]. The van der Waals surface area contributed by atoms with Crippen LogP contribution in [-0.2, 0) is 0 Å². The Balaban J connectivity index is 0.000000360. The van der Waals surface area contributed by atoms with Gasteiger partial charge in [0.05, 0.1) is 0 Å². The van der Waals surface area contributed by atoms with E-state index in [4.69, 9.17) is 5.73 Å². The van der Waals surface area contributed by atoms with Gasteiger partial charge in [0, 0.05) is 1.43 Å². The minimum atomic E-state index is 0. The second kappa shape index (κ2) is 0.925. The van der Waals surface area contributed by atoms with E-state index in [0.29, 0.717) is 0 Å². The summed E-state index contributed by atoms with van der Waals surface area (Å²) in [5.74, 6) is 0.176. The van der Waals surface area contributed by atoms with Gasteiger partial charge in [0.1, 0.15) is 0 Å². The Hall–Kier alpha value is -1.13. The Kier molecular flexibility index (Phi) is 0.474. The molecular formula is CH5N5. The number of rotatable bonds is 0. The van der Waals surface area contributed by atoms with Gasteiger partial charge in [-0.15, -0.1) is 5.10 Å². The molecule has 1 rings (SSSR count). The van der Waals surface area contributed by atoms with Crippen LogP contribution in [0, 0.1) is 0 Å². The Morgan fingerprint density at radius 1 is 1.83 bits per heavy atom. The maximum atomic E-state index is 4.96. The molecular weight excluding hydrogens is 82.0 g/mol. The molecule has 0 saturated carbocycles. The molecule has 0 unspecified atom stereocenters. The number of nitrogens with zero attached hydrogens (tertiary/aromatic N) is 3. The average Bonchev–Trinajstić information content (AvgIpc) is 1.86. The molecule has 1 heterocycles. The van der Waals surface area contributed by atoms with E-state index in [1.54, 1.807) is 0 Å². The molecule has 0 bridgehead atoms. The maximum absolute atomic E-state index is 4.96. The third-order valence-corrected chi connectivity index (χ3v) is 0.362. The average molecular weight is 87.1 g/mol. The van der Waals surface area contributed by atoms with Crippen LogP contribution in [0.5, 0.6) is 0 Å². The van der Waals surface area contributed by atoms with Crippen LogP contribution in [0.4, 0.5) is 5.95 Å². The van der Waals surface area contributed by atoms with E-state index < -0.39 is 0 Å². The Morgan fingerprint density at radius 2 is 2.67 bits per heavy atom. The van der Waals surface area contributed by atoms with E-state index in [-0.39, 0.29) is 7.37 Å². The highest BCUT2D eigenvalue weighted by Gasteiger charge is 1.78. The molecule has 0 aliphatic heterocycles. The van der Waals surface area contributed by atoms with Crippen molar-refractivity contribution in [1.82, 2.24) is 20.6 Å². The zero-order valence-electron chi connectivity index (χ0n) is 2.92. The molecule has 3 N–H and O–H groups in total. The normalized spacial score (nSPS) is 8.67. The standard InChI is InChI=1S/CH3N5.H2/c2-1-3-5-6-4-1;/h(H3,2,3,4,5,6);1H. The lowest BCUT2D eigenvalue weighted by molar-refractivity contribution is 0.881. The van der Waals surface area contributed by atoms with Crippen LogP contribution in [-0.4, -0.2) is 20.6 Å². The van der Waals surface area contributed by atoms with Crippen molar-refractivity contribution in [3.05, 3.63) is 0 Å². The number of tetrazole rings is 1. The van der Waals surface area contributed by atoms with E-state index in [2.05, 4.69) is 20.6 Å². The minimum absolute atomic E-state index is 0. The summed E-state index contributed by atoms with van der Waals surface area (Å²) in [4.78, 5) is 0. The number of aromatic nitrogens is 4. The van der Waals surface area contributed by atoms with Crippen LogP contribution in [0.2, 0.25) is 0 Å². The van der Waals surface area contributed by atoms with Crippen molar-refractivity contribution >= 4 is 5.95 Å². The minimum Gasteiger partial charge on any atom is -0.365 e. The number of nitrogen functional groups attached to an aromatic ring is 1. The van der Waals surface area contributed by atoms with Crippen molar-refractivity contribution in [3.63, 3.8) is 0 Å². The zero-order chi connectivity index (χ0) is 4.41. The molecule has 0 fully saturated rings. The summed E-state index contributed by atoms with van der Waals surface area (Å²) >= 11 is 0. The number of nitrogens with two attached hydrogens (primary N) is 1. The fourth-order valence-corrected chi connectivity index (χ4v) is 0.170. The van der Waals surface area contributed by atoms with Crippen molar-refractivity contribution in [2.45, 2.75) is 0 Å². The van der Waals surface area contributed by atoms with Gasteiger partial charge in [-0.2, -0.15) is 5.21 Å². The van der Waals surface area contributed by atoms with E-state index >= 15 is 0 Å². The summed E-state index contributed by atoms with van der Waals surface area (Å²) in [6.07, 6.45) is 0. The molecule has 0 spiro atoms. The van der Waals surface area contributed by atoms with Crippen molar-refractivity contribution < 1.29 is 1.43 Å². The zero-order valence-corrected chi connectivity index (χ0v) is 2.92. The molecule has 1 aromatic rings. The number of H-pyrrole nitrogens is 1. The first-order valence-corrected chi connectivity index (χ1v) is 1.38. The first-order chi connectivity index (χ1) is 2.89. The predicted octanol–water partition coefficient (Wildman–Crippen LogP) is -0.972. The van der Waals surface area contributed by atoms with Crippen molar-refractivity contribution in [2.75, 3.05) is 5.73 Å². The molecule has 6 heavy (non-hydrogen) atoms. The van der Waals surface area contributed by atoms with Gasteiger partial charge in [-0.05, 0) is 5.21 Å². The lowest BCUT2D eigenvalue weighted by Crippen LogP contribution is -1.84. The maximum Gasteiger partial charge on any atom is 0.260 e. The highest BCUT2D eigenvalue weighted by Crippen LogP contribution is 1.72. The summed E-state index contributed by atoms with van der Waals surface area (Å²) < 4.78 is 0. The van der Waals surface area contributed by atoms with Gasteiger partial charge in [-0.1, -0.05) is 5.10 Å². The topological polar surface area (TPSA) is 80.5 Å². The van der Waals surface area contributed by atoms with E-state index in [9.17, 15) is 0 Å². The van der Waals surface area contributed by atoms with Gasteiger partial charge in [0.25, 0.3) is 5.95 Å². The molecule has 0 radical (unpaired) electrons. The molecule has 5 nitrogen and oxygen atoms in total. The largest absolute Gasteiger partial charge is 0.365 e. The van der Waals surface area contributed by atoms with Gasteiger partial charge < -0.3 is 5.73 Å². The predicted molar refractivity (Wildman–Crippen MR) is 20.7 cm³/mol. The van der Waals surface area contributed by atoms with Crippen LogP contribution < -0.4 is 5.73 Å². The van der Waals surface area contributed by atoms with Crippen LogP contribution in [0.25, 0.3) is 0 Å². The van der Waals surface area contributed by atoms with Crippen LogP contribution in [0.3, 0.4) is 0 Å². The van der Waals surface area contributed by atoms with E-state index in [0.717, 1.165) is 0 Å². The molecule has 0 atom stereocenters. The highest BCUT2D eigenvalue weighted by molar-refractivity contribution is 5.05. The van der Waals surface area contributed by atoms with Gasteiger partial charge in [0.2, 0.25) is 0 Å². The van der Waals surface area contributed by atoms with Crippen molar-refractivity contribution in [2.24, 2.45) is 0 Å². The summed E-state index contributed by atoms with van der Waals surface area (Å²) in [5.41, 5.74) is 4.96. The molecule has 0 aromatic carbocycles.